The van der Waals surface area contributed by atoms with E-state index < -0.39 is 29.0 Å². The standard InChI is InChI=1S/C13H10F3N3O/c1-17-9-4-5-18-6-7(9)13(20)19-10-3-2-8(14)11(15)12(10)16/h2-6H,1H3,(H,17,18)(H,19,20). The van der Waals surface area contributed by atoms with Gasteiger partial charge in [-0.1, -0.05) is 0 Å². The summed E-state index contributed by atoms with van der Waals surface area (Å²) >= 11 is 0. The smallest absolute Gasteiger partial charge is 0.259 e. The van der Waals surface area contributed by atoms with Crippen molar-refractivity contribution in [2.45, 2.75) is 0 Å². The number of hydrogen-bond acceptors (Lipinski definition) is 3. The molecule has 0 aliphatic carbocycles. The molecular formula is C13H10F3N3O. The number of hydrogen-bond donors (Lipinski definition) is 2. The molecule has 0 spiro atoms. The van der Waals surface area contributed by atoms with Gasteiger partial charge in [-0.2, -0.15) is 0 Å². The van der Waals surface area contributed by atoms with Crippen LogP contribution in [0, 0.1) is 17.5 Å². The first-order valence-electron chi connectivity index (χ1n) is 5.61. The Morgan fingerprint density at radius 1 is 1.10 bits per heavy atom. The maximum Gasteiger partial charge on any atom is 0.259 e. The number of rotatable bonds is 3. The molecule has 1 aromatic carbocycles. The molecule has 2 rings (SSSR count). The first kappa shape index (κ1) is 13.9. The fourth-order valence-corrected chi connectivity index (χ4v) is 1.61. The number of carbonyl (C=O) groups is 1. The maximum atomic E-state index is 13.5. The number of anilines is 2. The van der Waals surface area contributed by atoms with E-state index in [1.807, 2.05) is 0 Å². The van der Waals surface area contributed by atoms with E-state index in [1.165, 1.54) is 12.4 Å². The van der Waals surface area contributed by atoms with E-state index in [0.29, 0.717) is 5.69 Å². The van der Waals surface area contributed by atoms with Gasteiger partial charge < -0.3 is 10.6 Å². The summed E-state index contributed by atoms with van der Waals surface area (Å²) < 4.78 is 39.3. The van der Waals surface area contributed by atoms with Gasteiger partial charge in [0.15, 0.2) is 17.5 Å². The topological polar surface area (TPSA) is 54.0 Å². The number of amides is 1. The lowest BCUT2D eigenvalue weighted by atomic mass is 10.2. The summed E-state index contributed by atoms with van der Waals surface area (Å²) in [5, 5.41) is 4.94. The largest absolute Gasteiger partial charge is 0.387 e. The average Bonchev–Trinajstić information content (AvgIpc) is 2.47. The fourth-order valence-electron chi connectivity index (χ4n) is 1.61. The van der Waals surface area contributed by atoms with Gasteiger partial charge in [0.25, 0.3) is 5.91 Å². The summed E-state index contributed by atoms with van der Waals surface area (Å²) in [4.78, 5) is 15.7. The molecule has 4 nitrogen and oxygen atoms in total. The first-order valence-corrected chi connectivity index (χ1v) is 5.61. The minimum atomic E-state index is -1.64. The highest BCUT2D eigenvalue weighted by atomic mass is 19.2. The number of halogens is 3. The van der Waals surface area contributed by atoms with Crippen LogP contribution in [-0.2, 0) is 0 Å². The molecule has 0 unspecified atom stereocenters. The minimum Gasteiger partial charge on any atom is -0.387 e. The molecule has 20 heavy (non-hydrogen) atoms. The Morgan fingerprint density at radius 2 is 1.85 bits per heavy atom. The van der Waals surface area contributed by atoms with Gasteiger partial charge in [0.05, 0.1) is 11.3 Å². The normalized spacial score (nSPS) is 10.2. The van der Waals surface area contributed by atoms with Crippen molar-refractivity contribution in [1.82, 2.24) is 4.98 Å². The Morgan fingerprint density at radius 3 is 2.55 bits per heavy atom. The minimum absolute atomic E-state index is 0.152. The predicted octanol–water partition coefficient (Wildman–Crippen LogP) is 2.79. The molecule has 0 saturated heterocycles. The zero-order chi connectivity index (χ0) is 14.7. The summed E-state index contributed by atoms with van der Waals surface area (Å²) in [7, 11) is 1.60. The van der Waals surface area contributed by atoms with Crippen LogP contribution in [0.3, 0.4) is 0 Å². The molecule has 0 saturated carbocycles. The van der Waals surface area contributed by atoms with Crippen molar-refractivity contribution in [3.05, 3.63) is 53.6 Å². The molecule has 2 aromatic rings. The van der Waals surface area contributed by atoms with Crippen molar-refractivity contribution in [2.24, 2.45) is 0 Å². The molecule has 104 valence electrons. The Labute approximate surface area is 112 Å². The Balaban J connectivity index is 2.31. The van der Waals surface area contributed by atoms with Gasteiger partial charge >= 0.3 is 0 Å². The van der Waals surface area contributed by atoms with Crippen molar-refractivity contribution in [1.29, 1.82) is 0 Å². The molecule has 0 aliphatic rings. The van der Waals surface area contributed by atoms with E-state index in [2.05, 4.69) is 15.6 Å². The number of pyridine rings is 1. The molecule has 0 bridgehead atoms. The Hall–Kier alpha value is -2.57. The van der Waals surface area contributed by atoms with E-state index >= 15 is 0 Å². The predicted molar refractivity (Wildman–Crippen MR) is 68.1 cm³/mol. The second-order valence-corrected chi connectivity index (χ2v) is 3.85. The zero-order valence-corrected chi connectivity index (χ0v) is 10.4. The highest BCUT2D eigenvalue weighted by molar-refractivity contribution is 6.07. The average molecular weight is 281 g/mol. The highest BCUT2D eigenvalue weighted by Crippen LogP contribution is 2.21. The molecule has 2 N–H and O–H groups in total. The quantitative estimate of drug-likeness (QED) is 0.851. The molecule has 0 aliphatic heterocycles. The van der Waals surface area contributed by atoms with Crippen LogP contribution < -0.4 is 10.6 Å². The summed E-state index contributed by atoms with van der Waals surface area (Å²) in [6, 6.07) is 3.23. The van der Waals surface area contributed by atoms with Crippen LogP contribution in [0.4, 0.5) is 24.5 Å². The highest BCUT2D eigenvalue weighted by Gasteiger charge is 2.17. The van der Waals surface area contributed by atoms with Crippen molar-refractivity contribution in [3.63, 3.8) is 0 Å². The van der Waals surface area contributed by atoms with Crippen LogP contribution in [0.25, 0.3) is 0 Å². The monoisotopic (exact) mass is 281 g/mol. The second-order valence-electron chi connectivity index (χ2n) is 3.85. The number of benzene rings is 1. The third-order valence-electron chi connectivity index (χ3n) is 2.62. The molecule has 0 fully saturated rings. The lowest BCUT2D eigenvalue weighted by Crippen LogP contribution is -2.16. The Kier molecular flexibility index (Phi) is 3.88. The van der Waals surface area contributed by atoms with Crippen LogP contribution in [-0.4, -0.2) is 17.9 Å². The van der Waals surface area contributed by atoms with Crippen LogP contribution in [0.2, 0.25) is 0 Å². The third-order valence-corrected chi connectivity index (χ3v) is 2.62. The summed E-state index contributed by atoms with van der Waals surface area (Å²) in [6.45, 7) is 0. The van der Waals surface area contributed by atoms with E-state index in [4.69, 9.17) is 0 Å². The van der Waals surface area contributed by atoms with E-state index in [1.54, 1.807) is 13.1 Å². The lowest BCUT2D eigenvalue weighted by molar-refractivity contribution is 0.102. The van der Waals surface area contributed by atoms with Gasteiger partial charge in [-0.05, 0) is 18.2 Å². The second kappa shape index (κ2) is 5.60. The number of carbonyl (C=O) groups excluding carboxylic acids is 1. The van der Waals surface area contributed by atoms with Gasteiger partial charge in [-0.3, -0.25) is 9.78 Å². The summed E-state index contributed by atoms with van der Waals surface area (Å²) in [5.41, 5.74) is 0.180. The molecule has 1 aromatic heterocycles. The van der Waals surface area contributed by atoms with E-state index in [0.717, 1.165) is 12.1 Å². The molecule has 7 heteroatoms. The van der Waals surface area contributed by atoms with Gasteiger partial charge in [0.1, 0.15) is 0 Å². The molecule has 0 radical (unpaired) electrons. The fraction of sp³-hybridized carbons (Fsp3) is 0.0769. The SMILES string of the molecule is CNc1ccncc1C(=O)Nc1ccc(F)c(F)c1F. The summed E-state index contributed by atoms with van der Waals surface area (Å²) in [5.74, 6) is -5.10. The maximum absolute atomic E-state index is 13.5. The summed E-state index contributed by atoms with van der Waals surface area (Å²) in [6.07, 6.45) is 2.75. The zero-order valence-electron chi connectivity index (χ0n) is 10.4. The molecule has 0 atom stereocenters. The number of nitrogens with zero attached hydrogens (tertiary/aromatic N) is 1. The number of nitrogens with one attached hydrogen (secondary N) is 2. The van der Waals surface area contributed by atoms with Gasteiger partial charge in [0.2, 0.25) is 0 Å². The van der Waals surface area contributed by atoms with Crippen LogP contribution in [0.5, 0.6) is 0 Å². The van der Waals surface area contributed by atoms with Crippen molar-refractivity contribution >= 4 is 17.3 Å². The van der Waals surface area contributed by atoms with E-state index in [9.17, 15) is 18.0 Å². The van der Waals surface area contributed by atoms with Crippen LogP contribution >= 0.6 is 0 Å². The van der Waals surface area contributed by atoms with Crippen molar-refractivity contribution in [3.8, 4) is 0 Å². The number of aromatic nitrogens is 1. The first-order chi connectivity index (χ1) is 9.54. The van der Waals surface area contributed by atoms with Crippen molar-refractivity contribution < 1.29 is 18.0 Å². The van der Waals surface area contributed by atoms with Gasteiger partial charge in [-0.15, -0.1) is 0 Å². The molecule has 1 heterocycles. The van der Waals surface area contributed by atoms with Crippen molar-refractivity contribution in [2.75, 3.05) is 17.7 Å². The molecule has 1 amide bonds. The Bertz CT molecular complexity index is 661. The van der Waals surface area contributed by atoms with Crippen LogP contribution in [0.15, 0.2) is 30.6 Å². The lowest BCUT2D eigenvalue weighted by Gasteiger charge is -2.10. The van der Waals surface area contributed by atoms with Crippen LogP contribution in [0.1, 0.15) is 10.4 Å². The molecular weight excluding hydrogens is 271 g/mol. The third kappa shape index (κ3) is 2.56. The van der Waals surface area contributed by atoms with E-state index in [-0.39, 0.29) is 5.56 Å². The van der Waals surface area contributed by atoms with Gasteiger partial charge in [0, 0.05) is 25.1 Å². The van der Waals surface area contributed by atoms with Gasteiger partial charge in [-0.25, -0.2) is 13.2 Å².